The van der Waals surface area contributed by atoms with Gasteiger partial charge in [-0.25, -0.2) is 14.6 Å². The Bertz CT molecular complexity index is 1020. The molecule has 1 aromatic carbocycles. The lowest BCUT2D eigenvalue weighted by Gasteiger charge is -2.17. The lowest BCUT2D eigenvalue weighted by atomic mass is 10.2. The van der Waals surface area contributed by atoms with Gasteiger partial charge in [0.1, 0.15) is 5.82 Å². The highest BCUT2D eigenvalue weighted by atomic mass is 32.2. The maximum atomic E-state index is 12.6. The van der Waals surface area contributed by atoms with Crippen LogP contribution in [0.25, 0.3) is 11.0 Å². The van der Waals surface area contributed by atoms with Gasteiger partial charge in [0, 0.05) is 24.5 Å². The maximum absolute atomic E-state index is 12.6. The molecule has 1 amide bonds. The van der Waals surface area contributed by atoms with Crippen molar-refractivity contribution in [2.24, 2.45) is 0 Å². The number of hydrogen-bond donors (Lipinski definition) is 1. The number of carbonyl (C=O) groups is 1. The van der Waals surface area contributed by atoms with E-state index < -0.39 is 0 Å². The molecule has 9 heteroatoms. The molecule has 0 unspecified atom stereocenters. The molecule has 0 saturated carbocycles. The fourth-order valence-electron chi connectivity index (χ4n) is 3.55. The third-order valence-corrected chi connectivity index (χ3v) is 6.35. The van der Waals surface area contributed by atoms with E-state index in [2.05, 4.69) is 20.3 Å². The average Bonchev–Trinajstić information content (AvgIpc) is 3.43. The second kappa shape index (κ2) is 9.04. The summed E-state index contributed by atoms with van der Waals surface area (Å²) in [6.07, 6.45) is 8.19. The molecule has 3 aromatic rings. The number of aromatic nitrogens is 4. The molecule has 0 atom stereocenters. The summed E-state index contributed by atoms with van der Waals surface area (Å²) in [6, 6.07) is 7.64. The van der Waals surface area contributed by atoms with Crippen molar-refractivity contribution in [2.45, 2.75) is 29.4 Å². The van der Waals surface area contributed by atoms with Crippen LogP contribution in [0.1, 0.15) is 23.2 Å². The number of benzene rings is 1. The fraction of sp³-hybridized carbons (Fsp3) is 0.400. The van der Waals surface area contributed by atoms with Crippen molar-refractivity contribution in [2.75, 3.05) is 37.0 Å². The molecule has 0 aliphatic carbocycles. The van der Waals surface area contributed by atoms with Crippen molar-refractivity contribution in [1.29, 1.82) is 0 Å². The minimum atomic E-state index is -0.0661. The number of rotatable bonds is 7. The van der Waals surface area contributed by atoms with Crippen molar-refractivity contribution >= 4 is 46.3 Å². The summed E-state index contributed by atoms with van der Waals surface area (Å²) < 4.78 is 1.86. The van der Waals surface area contributed by atoms with Crippen LogP contribution in [0.5, 0.6) is 0 Å². The van der Waals surface area contributed by atoms with E-state index in [1.54, 1.807) is 11.8 Å². The molecule has 1 aliphatic heterocycles. The zero-order chi connectivity index (χ0) is 20.2. The van der Waals surface area contributed by atoms with Crippen LogP contribution < -0.4 is 10.2 Å². The number of thioether (sulfide) groups is 2. The van der Waals surface area contributed by atoms with Crippen molar-refractivity contribution in [1.82, 2.24) is 25.1 Å². The van der Waals surface area contributed by atoms with E-state index in [0.717, 1.165) is 40.0 Å². The van der Waals surface area contributed by atoms with Crippen LogP contribution in [0.4, 0.5) is 5.82 Å². The average molecular weight is 429 g/mol. The van der Waals surface area contributed by atoms with E-state index in [1.165, 1.54) is 24.6 Å². The van der Waals surface area contributed by atoms with Gasteiger partial charge in [0.15, 0.2) is 10.8 Å². The quantitative estimate of drug-likeness (QED) is 0.457. The Balaban J connectivity index is 1.51. The number of carbonyl (C=O) groups excluding carboxylic acids is 1. The van der Waals surface area contributed by atoms with Crippen LogP contribution in [-0.4, -0.2) is 57.8 Å². The number of nitrogens with one attached hydrogen (secondary N) is 1. The third kappa shape index (κ3) is 4.20. The number of amides is 1. The Morgan fingerprint density at radius 2 is 1.93 bits per heavy atom. The van der Waals surface area contributed by atoms with E-state index in [1.807, 2.05) is 47.7 Å². The Hall–Kier alpha value is -2.26. The van der Waals surface area contributed by atoms with Gasteiger partial charge in [0.25, 0.3) is 5.91 Å². The second-order valence-electron chi connectivity index (χ2n) is 6.79. The highest BCUT2D eigenvalue weighted by molar-refractivity contribution is 7.98. The SMILES string of the molecule is CSc1nc(N2CCCC2)c2cnn(CCNC(=O)c3ccccc3SC)c2n1. The molecule has 0 radical (unpaired) electrons. The molecule has 1 saturated heterocycles. The van der Waals surface area contributed by atoms with Gasteiger partial charge in [-0.15, -0.1) is 11.8 Å². The highest BCUT2D eigenvalue weighted by Crippen LogP contribution is 2.28. The van der Waals surface area contributed by atoms with Gasteiger partial charge in [-0.05, 0) is 37.5 Å². The Morgan fingerprint density at radius 3 is 2.69 bits per heavy atom. The second-order valence-corrected chi connectivity index (χ2v) is 8.41. The molecule has 2 aromatic heterocycles. The molecule has 29 heavy (non-hydrogen) atoms. The van der Waals surface area contributed by atoms with E-state index >= 15 is 0 Å². The van der Waals surface area contributed by atoms with Gasteiger partial charge >= 0.3 is 0 Å². The summed E-state index contributed by atoms with van der Waals surface area (Å²) >= 11 is 3.11. The molecule has 3 heterocycles. The van der Waals surface area contributed by atoms with Crippen LogP contribution >= 0.6 is 23.5 Å². The normalized spacial score (nSPS) is 13.9. The number of fused-ring (bicyclic) bond motifs is 1. The molecule has 1 N–H and O–H groups in total. The molecular weight excluding hydrogens is 404 g/mol. The minimum Gasteiger partial charge on any atom is -0.356 e. The molecule has 0 spiro atoms. The molecule has 1 fully saturated rings. The summed E-state index contributed by atoms with van der Waals surface area (Å²) in [5.74, 6) is 0.907. The van der Waals surface area contributed by atoms with E-state index in [-0.39, 0.29) is 5.91 Å². The van der Waals surface area contributed by atoms with Crippen LogP contribution in [0.2, 0.25) is 0 Å². The molecular formula is C20H24N6OS2. The summed E-state index contributed by atoms with van der Waals surface area (Å²) in [5.41, 5.74) is 1.53. The smallest absolute Gasteiger partial charge is 0.252 e. The fourth-order valence-corrected chi connectivity index (χ4v) is 4.50. The first-order chi connectivity index (χ1) is 14.2. The predicted octanol–water partition coefficient (Wildman–Crippen LogP) is 3.30. The van der Waals surface area contributed by atoms with Crippen LogP contribution in [-0.2, 0) is 6.54 Å². The highest BCUT2D eigenvalue weighted by Gasteiger charge is 2.20. The van der Waals surface area contributed by atoms with Crippen molar-refractivity contribution in [3.05, 3.63) is 36.0 Å². The van der Waals surface area contributed by atoms with Crippen molar-refractivity contribution in [3.8, 4) is 0 Å². The van der Waals surface area contributed by atoms with Crippen LogP contribution in [0.3, 0.4) is 0 Å². The monoisotopic (exact) mass is 428 g/mol. The first-order valence-corrected chi connectivity index (χ1v) is 12.1. The standard InChI is InChI=1S/C20H24N6OS2/c1-28-16-8-4-3-7-14(16)19(27)21-9-12-26-18-15(13-22-26)17(23-20(24-18)29-2)25-10-5-6-11-25/h3-4,7-8,13H,5-6,9-12H2,1-2H3,(H,21,27). The minimum absolute atomic E-state index is 0.0661. The summed E-state index contributed by atoms with van der Waals surface area (Å²) in [4.78, 5) is 25.3. The first kappa shape index (κ1) is 20.0. The van der Waals surface area contributed by atoms with E-state index in [0.29, 0.717) is 18.7 Å². The third-order valence-electron chi connectivity index (χ3n) is 5.00. The van der Waals surface area contributed by atoms with E-state index in [9.17, 15) is 4.79 Å². The van der Waals surface area contributed by atoms with E-state index in [4.69, 9.17) is 4.98 Å². The zero-order valence-corrected chi connectivity index (χ0v) is 18.2. The van der Waals surface area contributed by atoms with Gasteiger partial charge in [-0.2, -0.15) is 5.10 Å². The van der Waals surface area contributed by atoms with Gasteiger partial charge < -0.3 is 10.2 Å². The van der Waals surface area contributed by atoms with Crippen LogP contribution in [0, 0.1) is 0 Å². The Morgan fingerprint density at radius 1 is 1.14 bits per heavy atom. The summed E-state index contributed by atoms with van der Waals surface area (Å²) in [5, 5.41) is 9.26. The lowest BCUT2D eigenvalue weighted by Crippen LogP contribution is -2.28. The number of nitrogens with zero attached hydrogens (tertiary/aromatic N) is 5. The van der Waals surface area contributed by atoms with Gasteiger partial charge in [0.2, 0.25) is 0 Å². The Labute approximate surface area is 178 Å². The Kier molecular flexibility index (Phi) is 6.25. The number of hydrogen-bond acceptors (Lipinski definition) is 7. The molecule has 0 bridgehead atoms. The molecule has 4 rings (SSSR count). The van der Waals surface area contributed by atoms with Gasteiger partial charge in [-0.1, -0.05) is 23.9 Å². The summed E-state index contributed by atoms with van der Waals surface area (Å²) in [7, 11) is 0. The van der Waals surface area contributed by atoms with Gasteiger partial charge in [-0.3, -0.25) is 4.79 Å². The largest absolute Gasteiger partial charge is 0.356 e. The molecule has 7 nitrogen and oxygen atoms in total. The summed E-state index contributed by atoms with van der Waals surface area (Å²) in [6.45, 7) is 3.09. The first-order valence-electron chi connectivity index (χ1n) is 9.65. The predicted molar refractivity (Wildman–Crippen MR) is 119 cm³/mol. The molecule has 152 valence electrons. The van der Waals surface area contributed by atoms with Crippen molar-refractivity contribution < 1.29 is 4.79 Å². The lowest BCUT2D eigenvalue weighted by molar-refractivity contribution is 0.0949. The molecule has 1 aliphatic rings. The van der Waals surface area contributed by atoms with Crippen molar-refractivity contribution in [3.63, 3.8) is 0 Å². The van der Waals surface area contributed by atoms with Gasteiger partial charge in [0.05, 0.1) is 23.7 Å². The number of anilines is 1. The zero-order valence-electron chi connectivity index (χ0n) is 16.6. The van der Waals surface area contributed by atoms with Crippen LogP contribution in [0.15, 0.2) is 40.5 Å². The maximum Gasteiger partial charge on any atom is 0.252 e. The topological polar surface area (TPSA) is 75.9 Å².